The molecule has 1 aliphatic heterocycles. The van der Waals surface area contributed by atoms with E-state index in [1.54, 1.807) is 7.11 Å². The predicted molar refractivity (Wildman–Crippen MR) is 102 cm³/mol. The van der Waals surface area contributed by atoms with E-state index in [4.69, 9.17) is 10.5 Å². The summed E-state index contributed by atoms with van der Waals surface area (Å²) in [5.41, 5.74) is 6.54. The van der Waals surface area contributed by atoms with Crippen LogP contribution in [-0.2, 0) is 16.0 Å². The number of piperazine rings is 1. The van der Waals surface area contributed by atoms with Crippen LogP contribution in [0.2, 0.25) is 0 Å². The molecule has 0 aromatic heterocycles. The number of halogens is 1. The highest BCUT2D eigenvalue weighted by Crippen LogP contribution is 2.29. The maximum Gasteiger partial charge on any atom is 0.242 e. The molecule has 1 saturated heterocycles. The average Bonchev–Trinajstić information content (AvgIpc) is 3.09. The summed E-state index contributed by atoms with van der Waals surface area (Å²) in [7, 11) is 1.62. The first-order valence-corrected chi connectivity index (χ1v) is 9.01. The van der Waals surface area contributed by atoms with Gasteiger partial charge in [-0.3, -0.25) is 9.59 Å². The number of hydrogen-bond donors (Lipinski definition) is 1. The van der Waals surface area contributed by atoms with E-state index in [1.165, 1.54) is 0 Å². The highest BCUT2D eigenvalue weighted by molar-refractivity contribution is 5.87. The molecule has 7 heteroatoms. The van der Waals surface area contributed by atoms with Gasteiger partial charge in [-0.05, 0) is 30.5 Å². The van der Waals surface area contributed by atoms with Gasteiger partial charge < -0.3 is 20.3 Å². The molecule has 2 N–H and O–H groups in total. The lowest BCUT2D eigenvalue weighted by Gasteiger charge is -2.38. The van der Waals surface area contributed by atoms with Gasteiger partial charge in [-0.2, -0.15) is 0 Å². The van der Waals surface area contributed by atoms with Crippen molar-refractivity contribution in [2.75, 3.05) is 33.3 Å². The Hall–Kier alpha value is -1.79. The van der Waals surface area contributed by atoms with Crippen molar-refractivity contribution in [2.24, 2.45) is 5.73 Å². The molecule has 1 aromatic carbocycles. The van der Waals surface area contributed by atoms with Crippen molar-refractivity contribution in [1.29, 1.82) is 0 Å². The van der Waals surface area contributed by atoms with Gasteiger partial charge in [-0.25, -0.2) is 0 Å². The molecule has 2 fully saturated rings. The standard InChI is InChI=1S/C19H27N3O3.ClH/c1-25-16-6-4-5-15(13-16)14-17(23)21-9-11-22(12-10-21)18(24)19(20)7-2-3-8-19;/h4-6,13H,2-3,7-12,14,20H2,1H3;1H. The minimum absolute atomic E-state index is 0. The molecule has 0 radical (unpaired) electrons. The largest absolute Gasteiger partial charge is 0.497 e. The van der Waals surface area contributed by atoms with Crippen LogP contribution in [0.3, 0.4) is 0 Å². The second kappa shape index (κ2) is 8.73. The van der Waals surface area contributed by atoms with Crippen LogP contribution in [0.15, 0.2) is 24.3 Å². The molecule has 3 rings (SSSR count). The van der Waals surface area contributed by atoms with E-state index in [-0.39, 0.29) is 24.2 Å². The van der Waals surface area contributed by atoms with Gasteiger partial charge in [-0.1, -0.05) is 25.0 Å². The molecule has 1 saturated carbocycles. The van der Waals surface area contributed by atoms with Crippen LogP contribution in [0.1, 0.15) is 31.2 Å². The van der Waals surface area contributed by atoms with E-state index in [1.807, 2.05) is 34.1 Å². The first-order valence-electron chi connectivity index (χ1n) is 9.01. The van der Waals surface area contributed by atoms with Crippen molar-refractivity contribution >= 4 is 24.2 Å². The molecule has 26 heavy (non-hydrogen) atoms. The maximum atomic E-state index is 12.6. The molecular weight excluding hydrogens is 354 g/mol. The second-order valence-corrected chi connectivity index (χ2v) is 7.06. The summed E-state index contributed by atoms with van der Waals surface area (Å²) in [5.74, 6) is 0.902. The van der Waals surface area contributed by atoms with E-state index in [0.29, 0.717) is 32.6 Å². The number of amides is 2. The van der Waals surface area contributed by atoms with E-state index in [2.05, 4.69) is 0 Å². The normalized spacial score (nSPS) is 19.0. The Morgan fingerprint density at radius 2 is 1.73 bits per heavy atom. The Balaban J connectivity index is 0.00000243. The minimum atomic E-state index is -0.674. The zero-order valence-electron chi connectivity index (χ0n) is 15.3. The quantitative estimate of drug-likeness (QED) is 0.859. The molecule has 0 atom stereocenters. The van der Waals surface area contributed by atoms with Gasteiger partial charge in [0.05, 0.1) is 19.1 Å². The number of benzene rings is 1. The second-order valence-electron chi connectivity index (χ2n) is 7.06. The Kier molecular flexibility index (Phi) is 6.89. The summed E-state index contributed by atoms with van der Waals surface area (Å²) in [5, 5.41) is 0. The number of hydrogen-bond acceptors (Lipinski definition) is 4. The molecule has 2 aliphatic rings. The zero-order chi connectivity index (χ0) is 17.9. The lowest BCUT2D eigenvalue weighted by Crippen LogP contribution is -2.59. The average molecular weight is 382 g/mol. The van der Waals surface area contributed by atoms with Crippen molar-refractivity contribution in [3.05, 3.63) is 29.8 Å². The number of rotatable bonds is 4. The maximum absolute atomic E-state index is 12.6. The molecule has 6 nitrogen and oxygen atoms in total. The van der Waals surface area contributed by atoms with Crippen LogP contribution in [0.5, 0.6) is 5.75 Å². The highest BCUT2D eigenvalue weighted by Gasteiger charge is 2.40. The summed E-state index contributed by atoms with van der Waals surface area (Å²) in [6.07, 6.45) is 3.97. The Bertz CT molecular complexity index is 639. The predicted octanol–water partition coefficient (Wildman–Crippen LogP) is 1.60. The van der Waals surface area contributed by atoms with Crippen LogP contribution in [-0.4, -0.2) is 60.4 Å². The summed E-state index contributed by atoms with van der Waals surface area (Å²) in [6.45, 7) is 2.29. The van der Waals surface area contributed by atoms with Crippen molar-refractivity contribution < 1.29 is 14.3 Å². The van der Waals surface area contributed by atoms with Crippen LogP contribution < -0.4 is 10.5 Å². The van der Waals surface area contributed by atoms with E-state index in [9.17, 15) is 9.59 Å². The third-order valence-corrected chi connectivity index (χ3v) is 5.33. The summed E-state index contributed by atoms with van der Waals surface area (Å²) >= 11 is 0. The van der Waals surface area contributed by atoms with Crippen molar-refractivity contribution in [3.8, 4) is 5.75 Å². The van der Waals surface area contributed by atoms with Gasteiger partial charge in [0.1, 0.15) is 5.75 Å². The topological polar surface area (TPSA) is 75.9 Å². The van der Waals surface area contributed by atoms with E-state index in [0.717, 1.165) is 37.0 Å². The number of methoxy groups -OCH3 is 1. The molecule has 0 unspecified atom stereocenters. The summed E-state index contributed by atoms with van der Waals surface area (Å²) < 4.78 is 5.20. The first kappa shape index (κ1) is 20.5. The van der Waals surface area contributed by atoms with Gasteiger partial charge in [0.2, 0.25) is 11.8 Å². The molecule has 1 aromatic rings. The molecule has 0 spiro atoms. The number of nitrogens with two attached hydrogens (primary N) is 1. The molecule has 0 bridgehead atoms. The number of nitrogens with zero attached hydrogens (tertiary/aromatic N) is 2. The van der Waals surface area contributed by atoms with Crippen LogP contribution >= 0.6 is 12.4 Å². The first-order chi connectivity index (χ1) is 12.0. The van der Waals surface area contributed by atoms with E-state index < -0.39 is 5.54 Å². The number of ether oxygens (including phenoxy) is 1. The van der Waals surface area contributed by atoms with Crippen molar-refractivity contribution in [1.82, 2.24) is 9.80 Å². The molecule has 1 aliphatic carbocycles. The smallest absolute Gasteiger partial charge is 0.242 e. The van der Waals surface area contributed by atoms with Gasteiger partial charge in [0.25, 0.3) is 0 Å². The van der Waals surface area contributed by atoms with Gasteiger partial charge >= 0.3 is 0 Å². The van der Waals surface area contributed by atoms with E-state index >= 15 is 0 Å². The van der Waals surface area contributed by atoms with Gasteiger partial charge in [0, 0.05) is 26.2 Å². The summed E-state index contributed by atoms with van der Waals surface area (Å²) in [4.78, 5) is 28.8. The van der Waals surface area contributed by atoms with Crippen molar-refractivity contribution in [2.45, 2.75) is 37.6 Å². The minimum Gasteiger partial charge on any atom is -0.497 e. The van der Waals surface area contributed by atoms with Crippen LogP contribution in [0.25, 0.3) is 0 Å². The molecule has 144 valence electrons. The SMILES string of the molecule is COc1cccc(CC(=O)N2CCN(C(=O)C3(N)CCCC3)CC2)c1.Cl. The molecule has 2 amide bonds. The highest BCUT2D eigenvalue weighted by atomic mass is 35.5. The Morgan fingerprint density at radius 1 is 1.12 bits per heavy atom. The lowest BCUT2D eigenvalue weighted by atomic mass is 9.97. The Labute approximate surface area is 161 Å². The lowest BCUT2D eigenvalue weighted by molar-refractivity contribution is -0.142. The monoisotopic (exact) mass is 381 g/mol. The Morgan fingerprint density at radius 3 is 2.35 bits per heavy atom. The summed E-state index contributed by atoms with van der Waals surface area (Å²) in [6, 6.07) is 7.57. The molecule has 1 heterocycles. The number of carbonyl (C=O) groups is 2. The fourth-order valence-electron chi connectivity index (χ4n) is 3.76. The zero-order valence-corrected chi connectivity index (χ0v) is 16.1. The number of carbonyl (C=O) groups excluding carboxylic acids is 2. The van der Waals surface area contributed by atoms with Gasteiger partial charge in [0.15, 0.2) is 0 Å². The van der Waals surface area contributed by atoms with Crippen LogP contribution in [0, 0.1) is 0 Å². The fourth-order valence-corrected chi connectivity index (χ4v) is 3.76. The van der Waals surface area contributed by atoms with Gasteiger partial charge in [-0.15, -0.1) is 12.4 Å². The van der Waals surface area contributed by atoms with Crippen molar-refractivity contribution in [3.63, 3.8) is 0 Å². The third kappa shape index (κ3) is 4.48. The van der Waals surface area contributed by atoms with Crippen LogP contribution in [0.4, 0.5) is 0 Å². The fraction of sp³-hybridized carbons (Fsp3) is 0.579. The third-order valence-electron chi connectivity index (χ3n) is 5.33. The molecular formula is C19H28ClN3O3.